The molecule has 1 saturated heterocycles. The van der Waals surface area contributed by atoms with Crippen molar-refractivity contribution in [2.45, 2.75) is 12.8 Å². The molecule has 0 radical (unpaired) electrons. The summed E-state index contributed by atoms with van der Waals surface area (Å²) >= 11 is 0. The predicted molar refractivity (Wildman–Crippen MR) is 40.4 cm³/mol. The van der Waals surface area contributed by atoms with Crippen molar-refractivity contribution in [3.63, 3.8) is 0 Å². The highest BCUT2D eigenvalue weighted by atomic mass is 14.9. The van der Waals surface area contributed by atoms with Gasteiger partial charge in [-0.3, -0.25) is 0 Å². The molecule has 0 aromatic heterocycles. The third kappa shape index (κ3) is 2.02. The molecular formula is C8H13N. The second kappa shape index (κ2) is 3.46. The fraction of sp³-hybridized carbons (Fsp3) is 0.500. The maximum atomic E-state index is 3.66. The normalized spacial score (nSPS) is 19.3. The fourth-order valence-corrected chi connectivity index (χ4v) is 1.08. The van der Waals surface area contributed by atoms with Gasteiger partial charge < -0.3 is 5.32 Å². The topological polar surface area (TPSA) is 12.0 Å². The van der Waals surface area contributed by atoms with Crippen molar-refractivity contribution in [2.24, 2.45) is 0 Å². The van der Waals surface area contributed by atoms with E-state index < -0.39 is 0 Å². The van der Waals surface area contributed by atoms with Gasteiger partial charge in [-0.2, -0.15) is 0 Å². The summed E-state index contributed by atoms with van der Waals surface area (Å²) in [5.74, 6) is 0. The zero-order valence-corrected chi connectivity index (χ0v) is 5.69. The number of nitrogens with one attached hydrogen (secondary N) is 1. The first-order valence-corrected chi connectivity index (χ1v) is 3.44. The van der Waals surface area contributed by atoms with Crippen LogP contribution in [0.4, 0.5) is 0 Å². The molecule has 50 valence electrons. The second-order valence-electron chi connectivity index (χ2n) is 2.31. The van der Waals surface area contributed by atoms with Crippen molar-refractivity contribution >= 4 is 0 Å². The fourth-order valence-electron chi connectivity index (χ4n) is 1.08. The van der Waals surface area contributed by atoms with Gasteiger partial charge in [0.05, 0.1) is 0 Å². The highest BCUT2D eigenvalue weighted by Gasteiger charge is 2.01. The summed E-state index contributed by atoms with van der Waals surface area (Å²) in [6, 6.07) is 0. The Hall–Kier alpha value is -0.560. The van der Waals surface area contributed by atoms with E-state index in [1.807, 2.05) is 6.08 Å². The zero-order chi connectivity index (χ0) is 6.53. The van der Waals surface area contributed by atoms with E-state index in [1.54, 1.807) is 0 Å². The van der Waals surface area contributed by atoms with Crippen LogP contribution in [0.2, 0.25) is 0 Å². The van der Waals surface area contributed by atoms with Gasteiger partial charge >= 0.3 is 0 Å². The Kier molecular flexibility index (Phi) is 2.52. The first-order chi connectivity index (χ1) is 4.43. The molecule has 1 heterocycles. The van der Waals surface area contributed by atoms with Gasteiger partial charge in [-0.1, -0.05) is 24.3 Å². The Morgan fingerprint density at radius 1 is 1.33 bits per heavy atom. The maximum absolute atomic E-state index is 3.66. The molecule has 0 unspecified atom stereocenters. The summed E-state index contributed by atoms with van der Waals surface area (Å²) in [6.45, 7) is 5.94. The van der Waals surface area contributed by atoms with Crippen molar-refractivity contribution in [3.8, 4) is 0 Å². The number of hydrogen-bond acceptors (Lipinski definition) is 1. The minimum Gasteiger partial charge on any atom is -0.316 e. The van der Waals surface area contributed by atoms with E-state index in [4.69, 9.17) is 0 Å². The van der Waals surface area contributed by atoms with Crippen LogP contribution in [0.5, 0.6) is 0 Å². The lowest BCUT2D eigenvalue weighted by Gasteiger charge is -2.13. The maximum Gasteiger partial charge on any atom is -0.00114 e. The third-order valence-corrected chi connectivity index (χ3v) is 1.60. The molecule has 0 aromatic carbocycles. The molecule has 0 saturated carbocycles. The SMILES string of the molecule is C=CC=C1CCNCC1. The molecule has 1 rings (SSSR count). The standard InChI is InChI=1S/C8H13N/c1-2-3-8-4-6-9-7-5-8/h2-3,9H,1,4-7H2. The Bertz CT molecular complexity index is 117. The molecule has 1 nitrogen and oxygen atoms in total. The summed E-state index contributed by atoms with van der Waals surface area (Å²) in [5.41, 5.74) is 1.53. The average Bonchev–Trinajstić information content (AvgIpc) is 1.91. The number of hydrogen-bond donors (Lipinski definition) is 1. The summed E-state index contributed by atoms with van der Waals surface area (Å²) in [6.07, 6.45) is 6.40. The van der Waals surface area contributed by atoms with Gasteiger partial charge in [0.1, 0.15) is 0 Å². The molecule has 0 bridgehead atoms. The minimum atomic E-state index is 1.14. The van der Waals surface area contributed by atoms with E-state index >= 15 is 0 Å². The summed E-state index contributed by atoms with van der Waals surface area (Å²) in [7, 11) is 0. The molecule has 0 aliphatic carbocycles. The summed E-state index contributed by atoms with van der Waals surface area (Å²) < 4.78 is 0. The molecule has 1 N–H and O–H groups in total. The van der Waals surface area contributed by atoms with Crippen LogP contribution in [0.3, 0.4) is 0 Å². The van der Waals surface area contributed by atoms with Gasteiger partial charge in [0.15, 0.2) is 0 Å². The summed E-state index contributed by atoms with van der Waals surface area (Å²) in [4.78, 5) is 0. The smallest absolute Gasteiger partial charge is 0.00114 e. The van der Waals surface area contributed by atoms with Crippen LogP contribution in [0.25, 0.3) is 0 Å². The molecule has 1 heteroatoms. The van der Waals surface area contributed by atoms with Crippen molar-refractivity contribution < 1.29 is 0 Å². The molecule has 9 heavy (non-hydrogen) atoms. The lowest BCUT2D eigenvalue weighted by molar-refractivity contribution is 0.610. The Morgan fingerprint density at radius 2 is 2.00 bits per heavy atom. The third-order valence-electron chi connectivity index (χ3n) is 1.60. The number of piperidine rings is 1. The van der Waals surface area contributed by atoms with Crippen LogP contribution in [0.15, 0.2) is 24.3 Å². The molecule has 1 fully saturated rings. The first-order valence-electron chi connectivity index (χ1n) is 3.44. The quantitative estimate of drug-likeness (QED) is 0.557. The van der Waals surface area contributed by atoms with E-state index in [2.05, 4.69) is 18.0 Å². The van der Waals surface area contributed by atoms with Crippen LogP contribution < -0.4 is 5.32 Å². The lowest BCUT2D eigenvalue weighted by Crippen LogP contribution is -2.22. The molecule has 0 amide bonds. The molecule has 1 aliphatic rings. The Labute approximate surface area is 56.5 Å². The lowest BCUT2D eigenvalue weighted by atomic mass is 10.1. The van der Waals surface area contributed by atoms with Crippen LogP contribution in [0, 0.1) is 0 Å². The zero-order valence-electron chi connectivity index (χ0n) is 5.69. The van der Waals surface area contributed by atoms with Gasteiger partial charge in [0.2, 0.25) is 0 Å². The van der Waals surface area contributed by atoms with Crippen LogP contribution in [-0.2, 0) is 0 Å². The van der Waals surface area contributed by atoms with E-state index in [-0.39, 0.29) is 0 Å². The van der Waals surface area contributed by atoms with Crippen molar-refractivity contribution in [1.29, 1.82) is 0 Å². The molecular weight excluding hydrogens is 110 g/mol. The van der Waals surface area contributed by atoms with Crippen LogP contribution in [-0.4, -0.2) is 13.1 Å². The van der Waals surface area contributed by atoms with E-state index in [9.17, 15) is 0 Å². The van der Waals surface area contributed by atoms with Gasteiger partial charge in [0.25, 0.3) is 0 Å². The van der Waals surface area contributed by atoms with Gasteiger partial charge in [-0.25, -0.2) is 0 Å². The molecule has 0 spiro atoms. The summed E-state index contributed by atoms with van der Waals surface area (Å²) in [5, 5.41) is 3.30. The molecule has 1 aliphatic heterocycles. The number of rotatable bonds is 1. The molecule has 0 aromatic rings. The van der Waals surface area contributed by atoms with E-state index in [0.29, 0.717) is 0 Å². The van der Waals surface area contributed by atoms with Gasteiger partial charge in [-0.05, 0) is 25.9 Å². The van der Waals surface area contributed by atoms with Gasteiger partial charge in [-0.15, -0.1) is 0 Å². The number of allylic oxidation sites excluding steroid dienone is 2. The van der Waals surface area contributed by atoms with Crippen molar-refractivity contribution in [3.05, 3.63) is 24.3 Å². The monoisotopic (exact) mass is 123 g/mol. The predicted octanol–water partition coefficient (Wildman–Crippen LogP) is 1.48. The van der Waals surface area contributed by atoms with Gasteiger partial charge in [0, 0.05) is 0 Å². The van der Waals surface area contributed by atoms with Crippen LogP contribution in [0.1, 0.15) is 12.8 Å². The second-order valence-corrected chi connectivity index (χ2v) is 2.31. The van der Waals surface area contributed by atoms with E-state index in [0.717, 1.165) is 13.1 Å². The largest absolute Gasteiger partial charge is 0.316 e. The average molecular weight is 123 g/mol. The van der Waals surface area contributed by atoms with E-state index in [1.165, 1.54) is 18.4 Å². The van der Waals surface area contributed by atoms with Crippen molar-refractivity contribution in [1.82, 2.24) is 5.32 Å². The minimum absolute atomic E-state index is 1.14. The van der Waals surface area contributed by atoms with Crippen molar-refractivity contribution in [2.75, 3.05) is 13.1 Å². The Balaban J connectivity index is 2.39. The molecule has 0 atom stereocenters. The highest BCUT2D eigenvalue weighted by molar-refractivity contribution is 5.12. The first kappa shape index (κ1) is 6.56. The van der Waals surface area contributed by atoms with Crippen LogP contribution >= 0.6 is 0 Å². The highest BCUT2D eigenvalue weighted by Crippen LogP contribution is 2.08. The Morgan fingerprint density at radius 3 is 2.56 bits per heavy atom.